The fraction of sp³-hybridized carbons (Fsp3) is 0.231. The Morgan fingerprint density at radius 1 is 1.42 bits per heavy atom. The second kappa shape index (κ2) is 5.63. The van der Waals surface area contributed by atoms with Gasteiger partial charge in [0.2, 0.25) is 0 Å². The van der Waals surface area contributed by atoms with Gasteiger partial charge in [-0.2, -0.15) is 5.10 Å². The van der Waals surface area contributed by atoms with Crippen LogP contribution < -0.4 is 5.32 Å². The number of aromatic nitrogens is 2. The van der Waals surface area contributed by atoms with Crippen molar-refractivity contribution in [2.75, 3.05) is 0 Å². The summed E-state index contributed by atoms with van der Waals surface area (Å²) in [5.74, 6) is -0.254. The topological polar surface area (TPSA) is 46.9 Å². The van der Waals surface area contributed by atoms with E-state index < -0.39 is 0 Å². The zero-order valence-electron chi connectivity index (χ0n) is 10.6. The second-order valence-electron chi connectivity index (χ2n) is 4.22. The SMILES string of the molecule is Cc1nn(C)cc1CNC(=O)c1cc(Cl)ccc1Cl. The van der Waals surface area contributed by atoms with Crippen molar-refractivity contribution in [1.82, 2.24) is 15.1 Å². The third-order valence-electron chi connectivity index (χ3n) is 2.73. The Labute approximate surface area is 121 Å². The minimum absolute atomic E-state index is 0.254. The molecule has 0 spiro atoms. The molecule has 2 aromatic rings. The van der Waals surface area contributed by atoms with E-state index in [-0.39, 0.29) is 5.91 Å². The average Bonchev–Trinajstić information content (AvgIpc) is 2.68. The zero-order chi connectivity index (χ0) is 14.0. The number of carbonyl (C=O) groups is 1. The molecule has 0 radical (unpaired) electrons. The number of carbonyl (C=O) groups excluding carboxylic acids is 1. The Balaban J connectivity index is 2.09. The molecule has 0 fully saturated rings. The number of hydrogen-bond donors (Lipinski definition) is 1. The molecule has 0 saturated heterocycles. The van der Waals surface area contributed by atoms with E-state index in [1.165, 1.54) is 0 Å². The van der Waals surface area contributed by atoms with Crippen LogP contribution in [0.3, 0.4) is 0 Å². The maximum atomic E-state index is 12.0. The molecule has 0 aliphatic rings. The Morgan fingerprint density at radius 3 is 2.79 bits per heavy atom. The Kier molecular flexibility index (Phi) is 4.12. The quantitative estimate of drug-likeness (QED) is 0.947. The second-order valence-corrected chi connectivity index (χ2v) is 5.06. The van der Waals surface area contributed by atoms with E-state index in [0.717, 1.165) is 11.3 Å². The van der Waals surface area contributed by atoms with Crippen LogP contribution in [0.5, 0.6) is 0 Å². The van der Waals surface area contributed by atoms with Crippen LogP contribution in [0.25, 0.3) is 0 Å². The first-order valence-corrected chi connectivity index (χ1v) is 6.45. The third-order valence-corrected chi connectivity index (χ3v) is 3.29. The largest absolute Gasteiger partial charge is 0.348 e. The number of aryl methyl sites for hydroxylation is 2. The van der Waals surface area contributed by atoms with Crippen molar-refractivity contribution in [2.24, 2.45) is 7.05 Å². The van der Waals surface area contributed by atoms with E-state index >= 15 is 0 Å². The molecule has 1 aromatic heterocycles. The zero-order valence-corrected chi connectivity index (χ0v) is 12.1. The van der Waals surface area contributed by atoms with E-state index in [0.29, 0.717) is 22.2 Å². The van der Waals surface area contributed by atoms with Crippen LogP contribution in [0.2, 0.25) is 10.0 Å². The van der Waals surface area contributed by atoms with Gasteiger partial charge in [-0.25, -0.2) is 0 Å². The molecule has 0 aliphatic carbocycles. The Morgan fingerprint density at radius 2 is 2.16 bits per heavy atom. The first-order chi connectivity index (χ1) is 8.97. The summed E-state index contributed by atoms with van der Waals surface area (Å²) < 4.78 is 1.71. The molecular formula is C13H13Cl2N3O. The van der Waals surface area contributed by atoms with Crippen molar-refractivity contribution < 1.29 is 4.79 Å². The van der Waals surface area contributed by atoms with Gasteiger partial charge in [-0.3, -0.25) is 9.48 Å². The van der Waals surface area contributed by atoms with E-state index in [1.807, 2.05) is 20.2 Å². The summed E-state index contributed by atoms with van der Waals surface area (Å²) in [7, 11) is 1.84. The van der Waals surface area contributed by atoms with Crippen molar-refractivity contribution >= 4 is 29.1 Å². The van der Waals surface area contributed by atoms with Crippen LogP contribution >= 0.6 is 23.2 Å². The van der Waals surface area contributed by atoms with Crippen LogP contribution in [0.15, 0.2) is 24.4 Å². The van der Waals surface area contributed by atoms with Gasteiger partial charge in [0.1, 0.15) is 0 Å². The molecule has 19 heavy (non-hydrogen) atoms. The maximum absolute atomic E-state index is 12.0. The Hall–Kier alpha value is -1.52. The Bertz CT molecular complexity index is 622. The van der Waals surface area contributed by atoms with Gasteiger partial charge in [-0.15, -0.1) is 0 Å². The molecule has 1 aromatic carbocycles. The average molecular weight is 298 g/mol. The third kappa shape index (κ3) is 3.28. The van der Waals surface area contributed by atoms with Gasteiger partial charge in [-0.1, -0.05) is 23.2 Å². The van der Waals surface area contributed by atoms with Crippen molar-refractivity contribution in [2.45, 2.75) is 13.5 Å². The molecule has 0 bridgehead atoms. The van der Waals surface area contributed by atoms with Gasteiger partial charge >= 0.3 is 0 Å². The normalized spacial score (nSPS) is 10.5. The lowest BCUT2D eigenvalue weighted by molar-refractivity contribution is 0.0951. The van der Waals surface area contributed by atoms with Crippen molar-refractivity contribution in [3.63, 3.8) is 0 Å². The monoisotopic (exact) mass is 297 g/mol. The van der Waals surface area contributed by atoms with Gasteiger partial charge < -0.3 is 5.32 Å². The molecule has 2 rings (SSSR count). The minimum atomic E-state index is -0.254. The lowest BCUT2D eigenvalue weighted by atomic mass is 10.2. The fourth-order valence-electron chi connectivity index (χ4n) is 1.76. The number of hydrogen-bond acceptors (Lipinski definition) is 2. The molecule has 100 valence electrons. The number of nitrogens with zero attached hydrogens (tertiary/aromatic N) is 2. The van der Waals surface area contributed by atoms with Gasteiger partial charge in [-0.05, 0) is 25.1 Å². The van der Waals surface area contributed by atoms with E-state index in [2.05, 4.69) is 10.4 Å². The van der Waals surface area contributed by atoms with Crippen LogP contribution in [-0.4, -0.2) is 15.7 Å². The number of amides is 1. The predicted octanol–water partition coefficient (Wildman–Crippen LogP) is 2.97. The van der Waals surface area contributed by atoms with Gasteiger partial charge in [0, 0.05) is 30.4 Å². The molecule has 1 heterocycles. The number of nitrogens with one attached hydrogen (secondary N) is 1. The molecular weight excluding hydrogens is 285 g/mol. The fourth-order valence-corrected chi connectivity index (χ4v) is 2.14. The summed E-state index contributed by atoms with van der Waals surface area (Å²) in [5, 5.41) is 7.87. The van der Waals surface area contributed by atoms with Crippen LogP contribution in [0.4, 0.5) is 0 Å². The summed E-state index contributed by atoms with van der Waals surface area (Å²) in [5.41, 5.74) is 2.23. The first-order valence-electron chi connectivity index (χ1n) is 5.69. The molecule has 4 nitrogen and oxygen atoms in total. The smallest absolute Gasteiger partial charge is 0.253 e. The predicted molar refractivity (Wildman–Crippen MR) is 75.6 cm³/mol. The summed E-state index contributed by atoms with van der Waals surface area (Å²) in [6.45, 7) is 2.30. The highest BCUT2D eigenvalue weighted by Crippen LogP contribution is 2.20. The van der Waals surface area contributed by atoms with Crippen molar-refractivity contribution in [3.8, 4) is 0 Å². The van der Waals surface area contributed by atoms with E-state index in [4.69, 9.17) is 23.2 Å². The number of rotatable bonds is 3. The molecule has 0 atom stereocenters. The molecule has 0 aliphatic heterocycles. The van der Waals surface area contributed by atoms with Crippen LogP contribution in [0.1, 0.15) is 21.6 Å². The lowest BCUT2D eigenvalue weighted by Crippen LogP contribution is -2.23. The van der Waals surface area contributed by atoms with E-state index in [1.54, 1.807) is 22.9 Å². The number of halogens is 2. The molecule has 1 amide bonds. The highest BCUT2D eigenvalue weighted by Gasteiger charge is 2.12. The lowest BCUT2D eigenvalue weighted by Gasteiger charge is -2.06. The first kappa shape index (κ1) is 13.9. The summed E-state index contributed by atoms with van der Waals surface area (Å²) in [4.78, 5) is 12.0. The van der Waals surface area contributed by atoms with Crippen LogP contribution in [-0.2, 0) is 13.6 Å². The standard InChI is InChI=1S/C13H13Cl2N3O/c1-8-9(7-18(2)17-8)6-16-13(19)11-5-10(14)3-4-12(11)15/h3-5,7H,6H2,1-2H3,(H,16,19). The van der Waals surface area contributed by atoms with E-state index in [9.17, 15) is 4.79 Å². The van der Waals surface area contributed by atoms with Gasteiger partial charge in [0.05, 0.1) is 16.3 Å². The summed E-state index contributed by atoms with van der Waals surface area (Å²) in [6.07, 6.45) is 1.87. The van der Waals surface area contributed by atoms with Crippen LogP contribution in [0, 0.1) is 6.92 Å². The molecule has 1 N–H and O–H groups in total. The van der Waals surface area contributed by atoms with Crippen molar-refractivity contribution in [3.05, 3.63) is 51.3 Å². The number of benzene rings is 1. The minimum Gasteiger partial charge on any atom is -0.348 e. The maximum Gasteiger partial charge on any atom is 0.253 e. The molecule has 0 unspecified atom stereocenters. The van der Waals surface area contributed by atoms with Gasteiger partial charge in [0.15, 0.2) is 0 Å². The van der Waals surface area contributed by atoms with Gasteiger partial charge in [0.25, 0.3) is 5.91 Å². The summed E-state index contributed by atoms with van der Waals surface area (Å²) >= 11 is 11.8. The summed E-state index contributed by atoms with van der Waals surface area (Å²) in [6, 6.07) is 4.80. The molecule has 6 heteroatoms. The van der Waals surface area contributed by atoms with Crippen molar-refractivity contribution in [1.29, 1.82) is 0 Å². The highest BCUT2D eigenvalue weighted by atomic mass is 35.5. The highest BCUT2D eigenvalue weighted by molar-refractivity contribution is 6.35. The molecule has 0 saturated carbocycles.